The summed E-state index contributed by atoms with van der Waals surface area (Å²) in [4.78, 5) is 25.8. The standard InChI is InChI=1S/C16H15NO4/c1-9-4-2-3-5-10(9)17-8-16-7-6-11(21-16)12(15(19)20)13(16)14(17)18/h2-7,11-13H,8H2,1H3,(H,19,20)/p-1/t11-,12-,13+,16-/m1/s1. The molecule has 0 unspecified atom stereocenters. The van der Waals surface area contributed by atoms with Gasteiger partial charge in [0.1, 0.15) is 5.60 Å². The topological polar surface area (TPSA) is 69.7 Å². The van der Waals surface area contributed by atoms with Crippen LogP contribution in [0.3, 0.4) is 0 Å². The molecule has 1 spiro atoms. The van der Waals surface area contributed by atoms with E-state index in [1.807, 2.05) is 37.3 Å². The number of anilines is 1. The number of benzene rings is 1. The lowest BCUT2D eigenvalue weighted by atomic mass is 9.77. The third-order valence-electron chi connectivity index (χ3n) is 4.78. The van der Waals surface area contributed by atoms with Crippen LogP contribution in [0.5, 0.6) is 0 Å². The fourth-order valence-electron chi connectivity index (χ4n) is 3.84. The summed E-state index contributed by atoms with van der Waals surface area (Å²) in [6.45, 7) is 2.29. The van der Waals surface area contributed by atoms with E-state index in [-0.39, 0.29) is 5.91 Å². The molecule has 2 fully saturated rings. The highest BCUT2D eigenvalue weighted by Gasteiger charge is 2.65. The maximum Gasteiger partial charge on any atom is 0.234 e. The van der Waals surface area contributed by atoms with E-state index in [0.29, 0.717) is 6.54 Å². The van der Waals surface area contributed by atoms with Crippen molar-refractivity contribution in [2.24, 2.45) is 11.8 Å². The fourth-order valence-corrected chi connectivity index (χ4v) is 3.84. The number of carbonyl (C=O) groups excluding carboxylic acids is 2. The number of fused-ring (bicyclic) bond motifs is 1. The van der Waals surface area contributed by atoms with Gasteiger partial charge in [-0.2, -0.15) is 0 Å². The first kappa shape index (κ1) is 12.6. The first-order valence-electron chi connectivity index (χ1n) is 6.98. The van der Waals surface area contributed by atoms with Gasteiger partial charge in [-0.25, -0.2) is 0 Å². The number of carbonyl (C=O) groups is 2. The molecule has 21 heavy (non-hydrogen) atoms. The van der Waals surface area contributed by atoms with Crippen LogP contribution in [0, 0.1) is 18.8 Å². The number of hydrogen-bond donors (Lipinski definition) is 0. The van der Waals surface area contributed by atoms with Gasteiger partial charge < -0.3 is 19.5 Å². The van der Waals surface area contributed by atoms with E-state index < -0.39 is 29.5 Å². The van der Waals surface area contributed by atoms with Crippen molar-refractivity contribution in [3.63, 3.8) is 0 Å². The number of aryl methyl sites for hydroxylation is 1. The molecule has 0 saturated carbocycles. The Balaban J connectivity index is 1.78. The molecule has 5 heteroatoms. The van der Waals surface area contributed by atoms with E-state index in [0.717, 1.165) is 11.3 Å². The van der Waals surface area contributed by atoms with Gasteiger partial charge in [-0.15, -0.1) is 0 Å². The van der Waals surface area contributed by atoms with Crippen LogP contribution in [0.25, 0.3) is 0 Å². The molecule has 4 rings (SSSR count). The zero-order chi connectivity index (χ0) is 14.8. The Hall–Kier alpha value is -2.14. The predicted octanol–water partition coefficient (Wildman–Crippen LogP) is 0.0313. The summed E-state index contributed by atoms with van der Waals surface area (Å²) >= 11 is 0. The SMILES string of the molecule is Cc1ccccc1N1C[C@@]23C=C[C@@H](O2)[C@@H](C(=O)[O-])[C@H]3C1=O. The van der Waals surface area contributed by atoms with Gasteiger partial charge in [-0.05, 0) is 18.6 Å². The van der Waals surface area contributed by atoms with Crippen LogP contribution in [-0.4, -0.2) is 30.1 Å². The largest absolute Gasteiger partial charge is 0.550 e. The van der Waals surface area contributed by atoms with Crippen molar-refractivity contribution in [1.82, 2.24) is 0 Å². The van der Waals surface area contributed by atoms with Gasteiger partial charge in [0.2, 0.25) is 5.91 Å². The molecule has 0 aromatic heterocycles. The van der Waals surface area contributed by atoms with Crippen molar-refractivity contribution >= 4 is 17.6 Å². The van der Waals surface area contributed by atoms with Gasteiger partial charge in [0.15, 0.2) is 0 Å². The lowest BCUT2D eigenvalue weighted by Crippen LogP contribution is -2.45. The van der Waals surface area contributed by atoms with Crippen molar-refractivity contribution in [1.29, 1.82) is 0 Å². The third kappa shape index (κ3) is 1.49. The number of carboxylic acids is 1. The number of hydrogen-bond acceptors (Lipinski definition) is 4. The highest BCUT2D eigenvalue weighted by molar-refractivity contribution is 6.02. The zero-order valence-electron chi connectivity index (χ0n) is 11.5. The van der Waals surface area contributed by atoms with E-state index in [4.69, 9.17) is 4.74 Å². The van der Waals surface area contributed by atoms with Crippen LogP contribution in [0.4, 0.5) is 5.69 Å². The highest BCUT2D eigenvalue weighted by Crippen LogP contribution is 2.52. The molecule has 3 aliphatic rings. The van der Waals surface area contributed by atoms with Crippen LogP contribution in [0.15, 0.2) is 36.4 Å². The van der Waals surface area contributed by atoms with Crippen molar-refractivity contribution in [2.75, 3.05) is 11.4 Å². The van der Waals surface area contributed by atoms with Gasteiger partial charge in [-0.3, -0.25) is 4.79 Å². The minimum atomic E-state index is -1.21. The summed E-state index contributed by atoms with van der Waals surface area (Å²) in [5, 5.41) is 11.4. The highest BCUT2D eigenvalue weighted by atomic mass is 16.5. The number of nitrogens with zero attached hydrogens (tertiary/aromatic N) is 1. The Morgan fingerprint density at radius 2 is 2.19 bits per heavy atom. The minimum Gasteiger partial charge on any atom is -0.550 e. The fraction of sp³-hybridized carbons (Fsp3) is 0.375. The van der Waals surface area contributed by atoms with Crippen LogP contribution < -0.4 is 10.0 Å². The molecule has 3 aliphatic heterocycles. The van der Waals surface area contributed by atoms with Gasteiger partial charge in [0.25, 0.3) is 0 Å². The van der Waals surface area contributed by atoms with Crippen molar-refractivity contribution < 1.29 is 19.4 Å². The first-order chi connectivity index (χ1) is 10.0. The number of amides is 1. The van der Waals surface area contributed by atoms with E-state index in [9.17, 15) is 14.7 Å². The Bertz CT molecular complexity index is 683. The first-order valence-corrected chi connectivity index (χ1v) is 6.98. The minimum absolute atomic E-state index is 0.189. The summed E-state index contributed by atoms with van der Waals surface area (Å²) in [5.41, 5.74) is 0.976. The second kappa shape index (κ2) is 3.95. The van der Waals surface area contributed by atoms with E-state index in [1.54, 1.807) is 11.0 Å². The molecule has 108 valence electrons. The lowest BCUT2D eigenvalue weighted by Gasteiger charge is -2.24. The summed E-state index contributed by atoms with van der Waals surface area (Å²) < 4.78 is 5.83. The number of ether oxygens (including phenoxy) is 1. The molecule has 4 atom stereocenters. The molecular weight excluding hydrogens is 270 g/mol. The number of carboxylic acid groups (broad SMARTS) is 1. The van der Waals surface area contributed by atoms with Crippen LogP contribution in [-0.2, 0) is 14.3 Å². The summed E-state index contributed by atoms with van der Waals surface area (Å²) in [6.07, 6.45) is 3.05. The summed E-state index contributed by atoms with van der Waals surface area (Å²) in [6, 6.07) is 7.57. The second-order valence-electron chi connectivity index (χ2n) is 5.93. The van der Waals surface area contributed by atoms with Gasteiger partial charge in [-0.1, -0.05) is 30.4 Å². The molecule has 0 aliphatic carbocycles. The molecular formula is C16H14NO4-. The predicted molar refractivity (Wildman–Crippen MR) is 72.3 cm³/mol. The maximum atomic E-state index is 12.8. The molecule has 0 radical (unpaired) electrons. The lowest BCUT2D eigenvalue weighted by molar-refractivity contribution is -0.313. The Morgan fingerprint density at radius 1 is 1.43 bits per heavy atom. The van der Waals surface area contributed by atoms with Crippen LogP contribution in [0.1, 0.15) is 5.56 Å². The van der Waals surface area contributed by atoms with E-state index >= 15 is 0 Å². The molecule has 2 bridgehead atoms. The van der Waals surface area contributed by atoms with Crippen LogP contribution >= 0.6 is 0 Å². The molecule has 3 heterocycles. The zero-order valence-corrected chi connectivity index (χ0v) is 11.5. The summed E-state index contributed by atoms with van der Waals surface area (Å²) in [5.74, 6) is -2.98. The third-order valence-corrected chi connectivity index (χ3v) is 4.78. The number of para-hydroxylation sites is 1. The monoisotopic (exact) mass is 284 g/mol. The normalized spacial score (nSPS) is 36.3. The maximum absolute atomic E-state index is 12.8. The van der Waals surface area contributed by atoms with Crippen molar-refractivity contribution in [2.45, 2.75) is 18.6 Å². The van der Waals surface area contributed by atoms with Crippen molar-refractivity contribution in [3.8, 4) is 0 Å². The molecule has 0 N–H and O–H groups in total. The van der Waals surface area contributed by atoms with Crippen LogP contribution in [0.2, 0.25) is 0 Å². The average molecular weight is 284 g/mol. The molecule has 1 aromatic rings. The second-order valence-corrected chi connectivity index (χ2v) is 5.93. The van der Waals surface area contributed by atoms with E-state index in [2.05, 4.69) is 0 Å². The smallest absolute Gasteiger partial charge is 0.234 e. The van der Waals surface area contributed by atoms with Gasteiger partial charge in [0.05, 0.1) is 18.6 Å². The van der Waals surface area contributed by atoms with Gasteiger partial charge in [0, 0.05) is 17.6 Å². The molecule has 1 amide bonds. The Labute approximate surface area is 121 Å². The number of rotatable bonds is 2. The van der Waals surface area contributed by atoms with Gasteiger partial charge >= 0.3 is 0 Å². The quantitative estimate of drug-likeness (QED) is 0.719. The number of aliphatic carboxylic acids is 1. The Morgan fingerprint density at radius 3 is 2.90 bits per heavy atom. The molecule has 5 nitrogen and oxygen atoms in total. The average Bonchev–Trinajstić information content (AvgIpc) is 3.08. The molecule has 2 saturated heterocycles. The Kier molecular flexibility index (Phi) is 2.37. The van der Waals surface area contributed by atoms with E-state index in [1.165, 1.54) is 0 Å². The van der Waals surface area contributed by atoms with Crippen molar-refractivity contribution in [3.05, 3.63) is 42.0 Å². The summed E-state index contributed by atoms with van der Waals surface area (Å²) in [7, 11) is 0. The molecule has 1 aromatic carbocycles.